The fraction of sp³-hybridized carbons (Fsp3) is 0.900. The molecule has 2 aliphatic rings. The van der Waals surface area contributed by atoms with Gasteiger partial charge in [-0.1, -0.05) is 13.3 Å². The lowest BCUT2D eigenvalue weighted by Crippen LogP contribution is -2.40. The minimum absolute atomic E-state index is 0.0489. The van der Waals surface area contributed by atoms with Gasteiger partial charge >= 0.3 is 5.97 Å². The van der Waals surface area contributed by atoms with Crippen molar-refractivity contribution in [2.24, 2.45) is 23.7 Å². The van der Waals surface area contributed by atoms with Gasteiger partial charge in [0.15, 0.2) is 0 Å². The van der Waals surface area contributed by atoms with Crippen LogP contribution >= 0.6 is 0 Å². The third-order valence-corrected chi connectivity index (χ3v) is 3.67. The molecule has 0 bridgehead atoms. The normalized spacial score (nSPS) is 44.3. The first kappa shape index (κ1) is 9.00. The molecular weight excluding hydrogens is 168 g/mol. The number of aliphatic hydroxyl groups is 1. The van der Waals surface area contributed by atoms with Crippen molar-refractivity contribution in [3.8, 4) is 0 Å². The molecule has 74 valence electrons. The summed E-state index contributed by atoms with van der Waals surface area (Å²) in [4.78, 5) is 11.3. The van der Waals surface area contributed by atoms with Crippen molar-refractivity contribution in [2.75, 3.05) is 13.2 Å². The first-order valence-corrected chi connectivity index (χ1v) is 5.01. The highest BCUT2D eigenvalue weighted by atomic mass is 16.5. The van der Waals surface area contributed by atoms with E-state index < -0.39 is 0 Å². The van der Waals surface area contributed by atoms with Gasteiger partial charge in [0.25, 0.3) is 0 Å². The van der Waals surface area contributed by atoms with Crippen molar-refractivity contribution in [1.82, 2.24) is 0 Å². The van der Waals surface area contributed by atoms with Crippen molar-refractivity contribution in [1.29, 1.82) is 0 Å². The molecule has 1 aliphatic heterocycles. The predicted octanol–water partition coefficient (Wildman–Crippen LogP) is 0.814. The molecule has 0 aromatic rings. The molecule has 0 aromatic carbocycles. The van der Waals surface area contributed by atoms with Crippen molar-refractivity contribution < 1.29 is 14.6 Å². The zero-order chi connectivity index (χ0) is 9.42. The second kappa shape index (κ2) is 3.29. The van der Waals surface area contributed by atoms with E-state index in [0.717, 1.165) is 6.42 Å². The van der Waals surface area contributed by atoms with Crippen LogP contribution in [0.5, 0.6) is 0 Å². The van der Waals surface area contributed by atoms with Crippen LogP contribution in [0.4, 0.5) is 0 Å². The SMILES string of the molecule is C[C@@H]1CC[C@H]2[C@@H]1COC(=O)[C@H]2CO. The van der Waals surface area contributed by atoms with Crippen molar-refractivity contribution in [2.45, 2.75) is 19.8 Å². The molecule has 1 saturated carbocycles. The molecule has 2 rings (SSSR count). The number of cyclic esters (lactones) is 1. The maximum Gasteiger partial charge on any atom is 0.311 e. The van der Waals surface area contributed by atoms with Gasteiger partial charge in [-0.25, -0.2) is 0 Å². The molecule has 0 unspecified atom stereocenters. The summed E-state index contributed by atoms with van der Waals surface area (Å²) in [5, 5.41) is 9.09. The number of carbonyl (C=O) groups excluding carboxylic acids is 1. The van der Waals surface area contributed by atoms with Gasteiger partial charge < -0.3 is 9.84 Å². The lowest BCUT2D eigenvalue weighted by Gasteiger charge is -2.32. The minimum atomic E-state index is -0.247. The molecule has 0 aromatic heterocycles. The topological polar surface area (TPSA) is 46.5 Å². The van der Waals surface area contributed by atoms with Gasteiger partial charge in [0.05, 0.1) is 19.1 Å². The highest BCUT2D eigenvalue weighted by Crippen LogP contribution is 2.43. The van der Waals surface area contributed by atoms with Crippen molar-refractivity contribution >= 4 is 5.97 Å². The number of rotatable bonds is 1. The lowest BCUT2D eigenvalue weighted by atomic mass is 9.80. The Kier molecular flexibility index (Phi) is 2.28. The van der Waals surface area contributed by atoms with E-state index in [4.69, 9.17) is 9.84 Å². The summed E-state index contributed by atoms with van der Waals surface area (Å²) in [6, 6.07) is 0. The number of hydrogen-bond acceptors (Lipinski definition) is 3. The van der Waals surface area contributed by atoms with Gasteiger partial charge in [-0.15, -0.1) is 0 Å². The third-order valence-electron chi connectivity index (χ3n) is 3.67. The average Bonchev–Trinajstić information content (AvgIpc) is 2.48. The summed E-state index contributed by atoms with van der Waals surface area (Å²) < 4.78 is 5.07. The number of ether oxygens (including phenoxy) is 1. The summed E-state index contributed by atoms with van der Waals surface area (Å²) in [6.07, 6.45) is 2.24. The Morgan fingerprint density at radius 1 is 1.46 bits per heavy atom. The Morgan fingerprint density at radius 3 is 2.92 bits per heavy atom. The third kappa shape index (κ3) is 1.35. The molecule has 1 saturated heterocycles. The van der Waals surface area contributed by atoms with Gasteiger partial charge in [0.2, 0.25) is 0 Å². The zero-order valence-electron chi connectivity index (χ0n) is 7.90. The van der Waals surface area contributed by atoms with Crippen LogP contribution in [0.15, 0.2) is 0 Å². The molecular formula is C10H16O3. The van der Waals surface area contributed by atoms with E-state index >= 15 is 0 Å². The number of fused-ring (bicyclic) bond motifs is 1. The molecule has 3 heteroatoms. The predicted molar refractivity (Wildman–Crippen MR) is 46.9 cm³/mol. The molecule has 2 fully saturated rings. The van der Waals surface area contributed by atoms with Crippen LogP contribution in [0.3, 0.4) is 0 Å². The quantitative estimate of drug-likeness (QED) is 0.613. The molecule has 1 aliphatic carbocycles. The molecule has 13 heavy (non-hydrogen) atoms. The zero-order valence-corrected chi connectivity index (χ0v) is 7.90. The van der Waals surface area contributed by atoms with E-state index in [1.54, 1.807) is 0 Å². The average molecular weight is 184 g/mol. The van der Waals surface area contributed by atoms with Gasteiger partial charge in [-0.05, 0) is 24.2 Å². The van der Waals surface area contributed by atoms with Crippen LogP contribution in [-0.2, 0) is 9.53 Å². The Balaban J connectivity index is 2.14. The monoisotopic (exact) mass is 184 g/mol. The van der Waals surface area contributed by atoms with Crippen LogP contribution in [0.1, 0.15) is 19.8 Å². The smallest absolute Gasteiger partial charge is 0.311 e. The standard InChI is InChI=1S/C10H16O3/c1-6-2-3-7-8(4-11)10(12)13-5-9(6)7/h6-9,11H,2-5H2,1H3/t6-,7-,8+,9-/m1/s1. The highest BCUT2D eigenvalue weighted by Gasteiger charge is 2.45. The molecule has 3 nitrogen and oxygen atoms in total. The van der Waals surface area contributed by atoms with Gasteiger partial charge in [-0.2, -0.15) is 0 Å². The maximum absolute atomic E-state index is 11.3. The molecule has 0 spiro atoms. The van der Waals surface area contributed by atoms with Crippen molar-refractivity contribution in [3.05, 3.63) is 0 Å². The molecule has 1 N–H and O–H groups in total. The molecule has 1 heterocycles. The van der Waals surface area contributed by atoms with Crippen LogP contribution in [0, 0.1) is 23.7 Å². The second-order valence-corrected chi connectivity index (χ2v) is 4.30. The Bertz CT molecular complexity index is 214. The van der Waals surface area contributed by atoms with E-state index in [2.05, 4.69) is 6.92 Å². The highest BCUT2D eigenvalue weighted by molar-refractivity contribution is 5.73. The van der Waals surface area contributed by atoms with E-state index in [-0.39, 0.29) is 18.5 Å². The van der Waals surface area contributed by atoms with Crippen LogP contribution < -0.4 is 0 Å². The summed E-state index contributed by atoms with van der Waals surface area (Å²) in [6.45, 7) is 2.73. The molecule has 0 amide bonds. The summed E-state index contributed by atoms with van der Waals surface area (Å²) in [5.74, 6) is 1.07. The Labute approximate surface area is 78.1 Å². The van der Waals surface area contributed by atoms with Crippen molar-refractivity contribution in [3.63, 3.8) is 0 Å². The first-order valence-electron chi connectivity index (χ1n) is 5.01. The number of hydrogen-bond donors (Lipinski definition) is 1. The second-order valence-electron chi connectivity index (χ2n) is 4.30. The summed E-state index contributed by atoms with van der Waals surface area (Å²) >= 11 is 0. The molecule has 0 radical (unpaired) electrons. The fourth-order valence-electron chi connectivity index (χ4n) is 2.76. The van der Waals surface area contributed by atoms with Crippen LogP contribution in [0.25, 0.3) is 0 Å². The van der Waals surface area contributed by atoms with E-state index in [9.17, 15) is 4.79 Å². The number of aliphatic hydroxyl groups excluding tert-OH is 1. The van der Waals surface area contributed by atoms with Gasteiger partial charge in [0.1, 0.15) is 0 Å². The lowest BCUT2D eigenvalue weighted by molar-refractivity contribution is -0.163. The summed E-state index contributed by atoms with van der Waals surface area (Å²) in [5.41, 5.74) is 0. The first-order chi connectivity index (χ1) is 6.24. The van der Waals surface area contributed by atoms with Gasteiger partial charge in [0, 0.05) is 0 Å². The number of esters is 1. The van der Waals surface area contributed by atoms with E-state index in [0.29, 0.717) is 24.4 Å². The summed E-state index contributed by atoms with van der Waals surface area (Å²) in [7, 11) is 0. The minimum Gasteiger partial charge on any atom is -0.465 e. The van der Waals surface area contributed by atoms with E-state index in [1.807, 2.05) is 0 Å². The Morgan fingerprint density at radius 2 is 2.23 bits per heavy atom. The number of carbonyl (C=O) groups is 1. The van der Waals surface area contributed by atoms with Crippen LogP contribution in [0.2, 0.25) is 0 Å². The van der Waals surface area contributed by atoms with Gasteiger partial charge in [-0.3, -0.25) is 4.79 Å². The largest absolute Gasteiger partial charge is 0.465 e. The van der Waals surface area contributed by atoms with E-state index in [1.165, 1.54) is 6.42 Å². The van der Waals surface area contributed by atoms with Crippen LogP contribution in [-0.4, -0.2) is 24.3 Å². The fourth-order valence-corrected chi connectivity index (χ4v) is 2.76. The maximum atomic E-state index is 11.3. The Hall–Kier alpha value is -0.570. The molecule has 4 atom stereocenters.